The average molecular weight is 478 g/mol. The Labute approximate surface area is 201 Å². The van der Waals surface area contributed by atoms with E-state index < -0.39 is 0 Å². The summed E-state index contributed by atoms with van der Waals surface area (Å²) in [6.07, 6.45) is 1.01. The van der Waals surface area contributed by atoms with Crippen LogP contribution in [0.15, 0.2) is 42.5 Å². The lowest BCUT2D eigenvalue weighted by atomic mass is 10.2. The lowest BCUT2D eigenvalue weighted by Crippen LogP contribution is -2.40. The molecule has 1 fully saturated rings. The Hall–Kier alpha value is -2.06. The largest absolute Gasteiger partial charge is 0.497 e. The van der Waals surface area contributed by atoms with E-state index in [1.807, 2.05) is 31.2 Å². The lowest BCUT2D eigenvalue weighted by Gasteiger charge is -2.30. The number of thiocarbonyl (C=S) groups is 1. The van der Waals surface area contributed by atoms with Crippen LogP contribution in [0.2, 0.25) is 5.02 Å². The fourth-order valence-electron chi connectivity index (χ4n) is 3.56. The molecule has 8 heteroatoms. The van der Waals surface area contributed by atoms with Crippen molar-refractivity contribution in [1.82, 2.24) is 9.80 Å². The van der Waals surface area contributed by atoms with E-state index >= 15 is 0 Å². The summed E-state index contributed by atoms with van der Waals surface area (Å²) in [5.74, 6) is 1.59. The third kappa shape index (κ3) is 7.52. The predicted molar refractivity (Wildman–Crippen MR) is 134 cm³/mol. The first-order valence-electron chi connectivity index (χ1n) is 11.0. The smallest absolute Gasteiger partial charge is 0.173 e. The minimum absolute atomic E-state index is 0.570. The van der Waals surface area contributed by atoms with Gasteiger partial charge in [-0.05, 0) is 55.4 Å². The number of nitrogens with one attached hydrogen (secondary N) is 1. The Bertz CT molecular complexity index is 860. The molecule has 3 rings (SSSR count). The van der Waals surface area contributed by atoms with E-state index in [2.05, 4.69) is 27.2 Å². The van der Waals surface area contributed by atoms with Crippen molar-refractivity contribution in [1.29, 1.82) is 0 Å². The topological polar surface area (TPSA) is 46.2 Å². The van der Waals surface area contributed by atoms with Gasteiger partial charge in [-0.3, -0.25) is 4.90 Å². The number of hydrogen-bond donors (Lipinski definition) is 1. The van der Waals surface area contributed by atoms with Crippen LogP contribution in [-0.4, -0.2) is 68.0 Å². The van der Waals surface area contributed by atoms with Crippen LogP contribution in [0.3, 0.4) is 0 Å². The van der Waals surface area contributed by atoms with Crippen LogP contribution < -0.4 is 14.8 Å². The highest BCUT2D eigenvalue weighted by atomic mass is 35.5. The molecule has 0 unspecified atom stereocenters. The molecule has 2 aromatic carbocycles. The minimum Gasteiger partial charge on any atom is -0.497 e. The van der Waals surface area contributed by atoms with Crippen molar-refractivity contribution in [3.05, 3.63) is 53.1 Å². The highest BCUT2D eigenvalue weighted by molar-refractivity contribution is 7.80. The van der Waals surface area contributed by atoms with Gasteiger partial charge in [-0.1, -0.05) is 23.7 Å². The summed E-state index contributed by atoms with van der Waals surface area (Å²) >= 11 is 12.2. The first-order valence-corrected chi connectivity index (χ1v) is 11.8. The van der Waals surface area contributed by atoms with Crippen molar-refractivity contribution in [2.45, 2.75) is 19.9 Å². The standard InChI is InChI=1S/C24H32ClN3O3S/c1-3-31-20-7-5-19(6-8-20)18-28(12-4-11-27-13-15-30-16-14-27)24(32)26-23-10-9-21(29-2)17-22(23)25/h5-10,17H,3-4,11-16,18H2,1-2H3,(H,26,32). The number of rotatable bonds is 10. The maximum absolute atomic E-state index is 6.42. The quantitative estimate of drug-likeness (QED) is 0.499. The van der Waals surface area contributed by atoms with Gasteiger partial charge in [0.1, 0.15) is 11.5 Å². The molecule has 0 saturated carbocycles. The molecule has 1 heterocycles. The van der Waals surface area contributed by atoms with E-state index in [4.69, 9.17) is 38.0 Å². The Morgan fingerprint density at radius 2 is 1.88 bits per heavy atom. The zero-order valence-electron chi connectivity index (χ0n) is 18.8. The van der Waals surface area contributed by atoms with Gasteiger partial charge in [-0.2, -0.15) is 0 Å². The lowest BCUT2D eigenvalue weighted by molar-refractivity contribution is 0.0368. The SMILES string of the molecule is CCOc1ccc(CN(CCCN2CCOCC2)C(=S)Nc2ccc(OC)cc2Cl)cc1. The number of morpholine rings is 1. The molecule has 0 amide bonds. The van der Waals surface area contributed by atoms with Gasteiger partial charge in [-0.15, -0.1) is 0 Å². The molecule has 174 valence electrons. The second-order valence-corrected chi connectivity index (χ2v) is 8.38. The molecule has 1 saturated heterocycles. The van der Waals surface area contributed by atoms with Crippen LogP contribution in [0.25, 0.3) is 0 Å². The first kappa shape index (κ1) is 24.6. The highest BCUT2D eigenvalue weighted by Gasteiger charge is 2.15. The van der Waals surface area contributed by atoms with Crippen LogP contribution in [0, 0.1) is 0 Å². The molecule has 6 nitrogen and oxygen atoms in total. The van der Waals surface area contributed by atoms with Gasteiger partial charge in [0.2, 0.25) is 0 Å². The number of methoxy groups -OCH3 is 1. The molecule has 1 aliphatic rings. The summed E-state index contributed by atoms with van der Waals surface area (Å²) in [4.78, 5) is 4.63. The summed E-state index contributed by atoms with van der Waals surface area (Å²) in [7, 11) is 1.62. The van der Waals surface area contributed by atoms with E-state index in [-0.39, 0.29) is 0 Å². The van der Waals surface area contributed by atoms with Crippen molar-refractivity contribution in [2.75, 3.05) is 58.4 Å². The van der Waals surface area contributed by atoms with Crippen LogP contribution in [0.1, 0.15) is 18.9 Å². The molecule has 0 spiro atoms. The van der Waals surface area contributed by atoms with Gasteiger partial charge in [0.25, 0.3) is 0 Å². The van der Waals surface area contributed by atoms with Gasteiger partial charge in [0.05, 0.1) is 37.6 Å². The maximum Gasteiger partial charge on any atom is 0.173 e. The predicted octanol–water partition coefficient (Wildman–Crippen LogP) is 4.67. The molecule has 0 aromatic heterocycles. The number of benzene rings is 2. The molecule has 2 aromatic rings. The third-order valence-corrected chi connectivity index (χ3v) is 5.99. The minimum atomic E-state index is 0.570. The van der Waals surface area contributed by atoms with E-state index in [0.717, 1.165) is 57.3 Å². The molecule has 32 heavy (non-hydrogen) atoms. The van der Waals surface area contributed by atoms with E-state index in [9.17, 15) is 0 Å². The number of anilines is 1. The second kappa shape index (κ2) is 12.8. The molecular formula is C24H32ClN3O3S. The maximum atomic E-state index is 6.42. The van der Waals surface area contributed by atoms with Gasteiger partial charge in [-0.25, -0.2) is 0 Å². The first-order chi connectivity index (χ1) is 15.6. The molecule has 0 radical (unpaired) electrons. The summed E-state index contributed by atoms with van der Waals surface area (Å²) in [6, 6.07) is 13.7. The van der Waals surface area contributed by atoms with Crippen LogP contribution in [0.4, 0.5) is 5.69 Å². The molecule has 1 aliphatic heterocycles. The fourth-order valence-corrected chi connectivity index (χ4v) is 4.04. The fraction of sp³-hybridized carbons (Fsp3) is 0.458. The van der Waals surface area contributed by atoms with Gasteiger partial charge < -0.3 is 24.4 Å². The van der Waals surface area contributed by atoms with Crippen molar-refractivity contribution in [3.8, 4) is 11.5 Å². The Balaban J connectivity index is 1.65. The number of nitrogens with zero attached hydrogens (tertiary/aromatic N) is 2. The third-order valence-electron chi connectivity index (χ3n) is 5.32. The van der Waals surface area contributed by atoms with Crippen molar-refractivity contribution in [3.63, 3.8) is 0 Å². The van der Waals surface area contributed by atoms with Crippen molar-refractivity contribution < 1.29 is 14.2 Å². The summed E-state index contributed by atoms with van der Waals surface area (Å²) in [5.41, 5.74) is 1.94. The summed E-state index contributed by atoms with van der Waals surface area (Å²) in [5, 5.41) is 4.53. The summed E-state index contributed by atoms with van der Waals surface area (Å²) in [6.45, 7) is 8.81. The zero-order valence-corrected chi connectivity index (χ0v) is 20.4. The monoisotopic (exact) mass is 477 g/mol. The molecule has 1 N–H and O–H groups in total. The van der Waals surface area contributed by atoms with E-state index in [1.165, 1.54) is 5.56 Å². The normalized spacial score (nSPS) is 14.1. The molecule has 0 aliphatic carbocycles. The van der Waals surface area contributed by atoms with Gasteiger partial charge in [0, 0.05) is 38.8 Å². The number of ether oxygens (including phenoxy) is 3. The average Bonchev–Trinajstić information content (AvgIpc) is 2.81. The van der Waals surface area contributed by atoms with Gasteiger partial charge >= 0.3 is 0 Å². The molecular weight excluding hydrogens is 446 g/mol. The van der Waals surface area contributed by atoms with Gasteiger partial charge in [0.15, 0.2) is 5.11 Å². The highest BCUT2D eigenvalue weighted by Crippen LogP contribution is 2.27. The van der Waals surface area contributed by atoms with E-state index in [0.29, 0.717) is 29.0 Å². The Morgan fingerprint density at radius 1 is 1.16 bits per heavy atom. The Kier molecular flexibility index (Phi) is 9.87. The van der Waals surface area contributed by atoms with E-state index in [1.54, 1.807) is 13.2 Å². The summed E-state index contributed by atoms with van der Waals surface area (Å²) < 4.78 is 16.3. The Morgan fingerprint density at radius 3 is 2.53 bits per heavy atom. The molecule has 0 atom stereocenters. The van der Waals surface area contributed by atoms with Crippen LogP contribution in [0.5, 0.6) is 11.5 Å². The number of halogens is 1. The van der Waals surface area contributed by atoms with Crippen molar-refractivity contribution >= 4 is 34.6 Å². The van der Waals surface area contributed by atoms with Crippen LogP contribution >= 0.6 is 23.8 Å². The van der Waals surface area contributed by atoms with Crippen molar-refractivity contribution in [2.24, 2.45) is 0 Å². The molecule has 0 bridgehead atoms. The number of hydrogen-bond acceptors (Lipinski definition) is 5. The van der Waals surface area contributed by atoms with Crippen LogP contribution in [-0.2, 0) is 11.3 Å². The second-order valence-electron chi connectivity index (χ2n) is 7.58. The zero-order chi connectivity index (χ0) is 22.8.